The minimum atomic E-state index is -3.61. The van der Waals surface area contributed by atoms with Crippen LogP contribution in [-0.2, 0) is 10.0 Å². The topological polar surface area (TPSA) is 93.7 Å². The van der Waals surface area contributed by atoms with Crippen LogP contribution < -0.4 is 19.5 Å². The number of hydrogen-bond acceptors (Lipinski definition) is 5. The summed E-state index contributed by atoms with van der Waals surface area (Å²) in [5, 5.41) is 2.72. The number of carbonyl (C=O) groups is 1. The van der Waals surface area contributed by atoms with Gasteiger partial charge in [0.25, 0.3) is 5.91 Å². The van der Waals surface area contributed by atoms with Gasteiger partial charge in [-0.1, -0.05) is 12.1 Å². The summed E-state index contributed by atoms with van der Waals surface area (Å²) in [5.74, 6) is 0.249. The fourth-order valence-corrected chi connectivity index (χ4v) is 3.04. The molecule has 0 saturated heterocycles. The maximum atomic E-state index is 12.7. The van der Waals surface area contributed by atoms with E-state index < -0.39 is 15.9 Å². The minimum absolute atomic E-state index is 0.0582. The summed E-state index contributed by atoms with van der Waals surface area (Å²) in [4.78, 5) is 12.8. The maximum absolute atomic E-state index is 12.7. The molecule has 2 rings (SSSR count). The molecule has 25 heavy (non-hydrogen) atoms. The molecule has 2 aromatic carbocycles. The summed E-state index contributed by atoms with van der Waals surface area (Å²) >= 11 is 0. The number of aryl methyl sites for hydroxylation is 1. The average Bonchev–Trinajstić information content (AvgIpc) is 2.62. The van der Waals surface area contributed by atoms with Crippen molar-refractivity contribution in [2.24, 2.45) is 0 Å². The molecule has 0 unspecified atom stereocenters. The van der Waals surface area contributed by atoms with Crippen molar-refractivity contribution in [2.45, 2.75) is 11.8 Å². The van der Waals surface area contributed by atoms with E-state index in [4.69, 9.17) is 9.47 Å². The molecule has 1 amide bonds. The highest BCUT2D eigenvalue weighted by Gasteiger charge is 2.20. The van der Waals surface area contributed by atoms with Gasteiger partial charge in [0.1, 0.15) is 17.1 Å². The Morgan fingerprint density at radius 2 is 1.64 bits per heavy atom. The van der Waals surface area contributed by atoms with E-state index in [1.165, 1.54) is 33.4 Å². The van der Waals surface area contributed by atoms with Crippen LogP contribution in [0, 0.1) is 6.92 Å². The van der Waals surface area contributed by atoms with Crippen molar-refractivity contribution >= 4 is 21.6 Å². The Hall–Kier alpha value is -2.58. The molecule has 0 spiro atoms. The first-order chi connectivity index (χ1) is 11.8. The van der Waals surface area contributed by atoms with Crippen molar-refractivity contribution < 1.29 is 22.7 Å². The second-order valence-electron chi connectivity index (χ2n) is 5.18. The number of sulfonamides is 1. The first kappa shape index (κ1) is 18.8. The van der Waals surface area contributed by atoms with Crippen molar-refractivity contribution in [2.75, 3.05) is 26.6 Å². The van der Waals surface area contributed by atoms with Crippen LogP contribution in [0.25, 0.3) is 0 Å². The van der Waals surface area contributed by atoms with E-state index >= 15 is 0 Å². The second-order valence-corrected chi connectivity index (χ2v) is 7.06. The number of ether oxygens (including phenoxy) is 2. The molecule has 0 aromatic heterocycles. The molecule has 0 saturated carbocycles. The predicted octanol–water partition coefficient (Wildman–Crippen LogP) is 2.17. The lowest BCUT2D eigenvalue weighted by Crippen LogP contribution is -2.20. The second kappa shape index (κ2) is 7.54. The summed E-state index contributed by atoms with van der Waals surface area (Å²) in [6, 6.07) is 9.50. The number of amides is 1. The number of anilines is 1. The molecular formula is C17H20N2O5S. The van der Waals surface area contributed by atoms with Gasteiger partial charge in [0, 0.05) is 5.69 Å². The number of carbonyl (C=O) groups excluding carboxylic acids is 1. The van der Waals surface area contributed by atoms with Gasteiger partial charge in [0.05, 0.1) is 19.1 Å². The predicted molar refractivity (Wildman–Crippen MR) is 94.9 cm³/mol. The molecular weight excluding hydrogens is 344 g/mol. The largest absolute Gasteiger partial charge is 0.496 e. The summed E-state index contributed by atoms with van der Waals surface area (Å²) in [5.41, 5.74) is 1.33. The molecule has 8 heteroatoms. The van der Waals surface area contributed by atoms with E-state index in [2.05, 4.69) is 10.0 Å². The van der Waals surface area contributed by atoms with Gasteiger partial charge >= 0.3 is 0 Å². The Kier molecular flexibility index (Phi) is 5.66. The highest BCUT2D eigenvalue weighted by Crippen LogP contribution is 2.30. The van der Waals surface area contributed by atoms with E-state index in [-0.39, 0.29) is 10.5 Å². The van der Waals surface area contributed by atoms with Gasteiger partial charge in [-0.15, -0.1) is 0 Å². The molecule has 0 aliphatic carbocycles. The molecule has 0 aliphatic rings. The number of nitrogens with one attached hydrogen (secondary N) is 2. The van der Waals surface area contributed by atoms with Crippen LogP contribution in [0.5, 0.6) is 11.5 Å². The Morgan fingerprint density at radius 1 is 1.04 bits per heavy atom. The Balaban J connectivity index is 2.44. The van der Waals surface area contributed by atoms with Gasteiger partial charge in [0.15, 0.2) is 0 Å². The highest BCUT2D eigenvalue weighted by molar-refractivity contribution is 7.89. The van der Waals surface area contributed by atoms with Crippen LogP contribution in [0.4, 0.5) is 5.69 Å². The fraction of sp³-hybridized carbons (Fsp3) is 0.235. The van der Waals surface area contributed by atoms with Crippen LogP contribution in [0.1, 0.15) is 15.9 Å². The summed E-state index contributed by atoms with van der Waals surface area (Å²) < 4.78 is 36.6. The SMILES string of the molecule is CNS(=O)(=O)c1ccc(C)c(NC(=O)c2c(OC)cccc2OC)c1. The number of rotatable bonds is 6. The summed E-state index contributed by atoms with van der Waals surface area (Å²) in [7, 11) is 0.623. The zero-order valence-corrected chi connectivity index (χ0v) is 15.2. The van der Waals surface area contributed by atoms with Gasteiger partial charge in [-0.2, -0.15) is 0 Å². The Labute approximate surface area is 147 Å². The lowest BCUT2D eigenvalue weighted by atomic mass is 10.1. The van der Waals surface area contributed by atoms with Gasteiger partial charge in [0.2, 0.25) is 10.0 Å². The standard InChI is InChI=1S/C17H20N2O5S/c1-11-8-9-12(25(21,22)18-2)10-13(11)19-17(20)16-14(23-3)6-5-7-15(16)24-4/h5-10,18H,1-4H3,(H,19,20). The van der Waals surface area contributed by atoms with Crippen molar-refractivity contribution in [1.29, 1.82) is 0 Å². The molecule has 7 nitrogen and oxygen atoms in total. The van der Waals surface area contributed by atoms with Crippen LogP contribution in [0.15, 0.2) is 41.3 Å². The zero-order valence-electron chi connectivity index (χ0n) is 14.4. The molecule has 134 valence electrons. The van der Waals surface area contributed by atoms with E-state index in [0.29, 0.717) is 17.2 Å². The minimum Gasteiger partial charge on any atom is -0.496 e. The molecule has 0 atom stereocenters. The third kappa shape index (κ3) is 3.92. The number of methoxy groups -OCH3 is 2. The molecule has 0 fully saturated rings. The summed E-state index contributed by atoms with van der Waals surface area (Å²) in [6.07, 6.45) is 0. The zero-order chi connectivity index (χ0) is 18.6. The van der Waals surface area contributed by atoms with E-state index in [9.17, 15) is 13.2 Å². The fourth-order valence-electron chi connectivity index (χ4n) is 2.28. The Morgan fingerprint density at radius 3 is 2.16 bits per heavy atom. The van der Waals surface area contributed by atoms with E-state index in [1.54, 1.807) is 31.2 Å². The molecule has 0 bridgehead atoms. The van der Waals surface area contributed by atoms with Crippen molar-refractivity contribution in [3.8, 4) is 11.5 Å². The van der Waals surface area contributed by atoms with Gasteiger partial charge in [-0.05, 0) is 43.8 Å². The van der Waals surface area contributed by atoms with Crippen LogP contribution in [0.3, 0.4) is 0 Å². The smallest absolute Gasteiger partial charge is 0.263 e. The third-order valence-electron chi connectivity index (χ3n) is 3.69. The van der Waals surface area contributed by atoms with Crippen molar-refractivity contribution in [3.63, 3.8) is 0 Å². The van der Waals surface area contributed by atoms with Crippen LogP contribution in [-0.4, -0.2) is 35.6 Å². The number of benzene rings is 2. The lowest BCUT2D eigenvalue weighted by molar-refractivity contribution is 0.102. The molecule has 0 heterocycles. The monoisotopic (exact) mass is 364 g/mol. The number of hydrogen-bond donors (Lipinski definition) is 2. The van der Waals surface area contributed by atoms with E-state index in [0.717, 1.165) is 5.56 Å². The molecule has 2 aromatic rings. The van der Waals surface area contributed by atoms with Gasteiger partial charge in [-0.25, -0.2) is 13.1 Å². The normalized spacial score (nSPS) is 11.0. The van der Waals surface area contributed by atoms with Crippen LogP contribution in [0.2, 0.25) is 0 Å². The lowest BCUT2D eigenvalue weighted by Gasteiger charge is -2.15. The highest BCUT2D eigenvalue weighted by atomic mass is 32.2. The molecule has 0 radical (unpaired) electrons. The first-order valence-corrected chi connectivity index (χ1v) is 8.89. The summed E-state index contributed by atoms with van der Waals surface area (Å²) in [6.45, 7) is 1.77. The van der Waals surface area contributed by atoms with Crippen molar-refractivity contribution in [3.05, 3.63) is 47.5 Å². The maximum Gasteiger partial charge on any atom is 0.263 e. The van der Waals surface area contributed by atoms with Gasteiger partial charge in [-0.3, -0.25) is 4.79 Å². The van der Waals surface area contributed by atoms with Gasteiger partial charge < -0.3 is 14.8 Å². The van der Waals surface area contributed by atoms with E-state index in [1.807, 2.05) is 0 Å². The first-order valence-electron chi connectivity index (χ1n) is 7.40. The Bertz CT molecular complexity index is 872. The molecule has 0 aliphatic heterocycles. The quantitative estimate of drug-likeness (QED) is 0.819. The van der Waals surface area contributed by atoms with Crippen LogP contribution >= 0.6 is 0 Å². The third-order valence-corrected chi connectivity index (χ3v) is 5.10. The van der Waals surface area contributed by atoms with Crippen molar-refractivity contribution in [1.82, 2.24) is 4.72 Å². The molecule has 2 N–H and O–H groups in total. The average molecular weight is 364 g/mol.